The minimum atomic E-state index is -0.182. The molecule has 1 atom stereocenters. The van der Waals surface area contributed by atoms with Crippen molar-refractivity contribution >= 4 is 28.5 Å². The number of carbonyl (C=O) groups excluding carboxylic acids is 1. The van der Waals surface area contributed by atoms with Gasteiger partial charge in [-0.1, -0.05) is 29.8 Å². The summed E-state index contributed by atoms with van der Waals surface area (Å²) in [6.45, 7) is 1.89. The number of likely N-dealkylation sites (N-methyl/N-ethyl adjacent to an activating group) is 1. The van der Waals surface area contributed by atoms with E-state index in [-0.39, 0.29) is 18.6 Å². The summed E-state index contributed by atoms with van der Waals surface area (Å²) in [5, 5.41) is 1.65. The average molecular weight is 344 g/mol. The number of hydrogen-bond acceptors (Lipinski definition) is 3. The molecule has 1 unspecified atom stereocenters. The Labute approximate surface area is 145 Å². The minimum Gasteiger partial charge on any atom is -0.484 e. The predicted molar refractivity (Wildman–Crippen MR) is 94.3 cm³/mol. The highest BCUT2D eigenvalue weighted by Crippen LogP contribution is 2.26. The lowest BCUT2D eigenvalue weighted by atomic mass is 10.2. The first-order valence-electron chi connectivity index (χ1n) is 7.67. The van der Waals surface area contributed by atoms with Gasteiger partial charge < -0.3 is 14.1 Å². The van der Waals surface area contributed by atoms with Gasteiger partial charge in [0, 0.05) is 17.5 Å². The van der Waals surface area contributed by atoms with E-state index >= 15 is 0 Å². The van der Waals surface area contributed by atoms with Crippen molar-refractivity contribution in [3.8, 4) is 5.75 Å². The summed E-state index contributed by atoms with van der Waals surface area (Å²) in [5.41, 5.74) is 0.817. The molecule has 2 aromatic carbocycles. The molecule has 0 N–H and O–H groups in total. The van der Waals surface area contributed by atoms with Crippen molar-refractivity contribution in [3.05, 3.63) is 65.4 Å². The molecular formula is C19H18ClNO3. The minimum absolute atomic E-state index is 0.0390. The summed E-state index contributed by atoms with van der Waals surface area (Å²) < 4.78 is 11.3. The standard InChI is InChI=1S/C19H18ClNO3/c1-13(18-11-14-5-3-4-6-17(14)24-18)21(2)19(22)12-23-16-9-7-15(20)8-10-16/h3-11,13H,12H2,1-2H3. The number of nitrogens with zero attached hydrogens (tertiary/aromatic N) is 1. The molecule has 1 amide bonds. The third kappa shape index (κ3) is 3.54. The number of para-hydroxylation sites is 1. The lowest BCUT2D eigenvalue weighted by molar-refractivity contribution is -0.134. The second-order valence-corrected chi connectivity index (χ2v) is 6.05. The van der Waals surface area contributed by atoms with Crippen LogP contribution in [0.3, 0.4) is 0 Å². The van der Waals surface area contributed by atoms with Crippen LogP contribution in [-0.2, 0) is 4.79 Å². The topological polar surface area (TPSA) is 42.7 Å². The van der Waals surface area contributed by atoms with Gasteiger partial charge in [-0.05, 0) is 43.3 Å². The highest BCUT2D eigenvalue weighted by molar-refractivity contribution is 6.30. The van der Waals surface area contributed by atoms with Gasteiger partial charge in [0.15, 0.2) is 6.61 Å². The number of carbonyl (C=O) groups is 1. The Balaban J connectivity index is 1.64. The van der Waals surface area contributed by atoms with Crippen molar-refractivity contribution in [2.24, 2.45) is 0 Å². The largest absolute Gasteiger partial charge is 0.484 e. The van der Waals surface area contributed by atoms with Crippen molar-refractivity contribution in [1.82, 2.24) is 4.90 Å². The van der Waals surface area contributed by atoms with Gasteiger partial charge in [0.25, 0.3) is 5.91 Å². The maximum absolute atomic E-state index is 12.3. The fourth-order valence-electron chi connectivity index (χ4n) is 2.39. The van der Waals surface area contributed by atoms with Gasteiger partial charge in [0.2, 0.25) is 0 Å². The second-order valence-electron chi connectivity index (χ2n) is 5.61. The average Bonchev–Trinajstić information content (AvgIpc) is 3.03. The fraction of sp³-hybridized carbons (Fsp3) is 0.211. The van der Waals surface area contributed by atoms with Crippen molar-refractivity contribution < 1.29 is 13.9 Å². The predicted octanol–water partition coefficient (Wildman–Crippen LogP) is 4.68. The fourth-order valence-corrected chi connectivity index (χ4v) is 2.52. The van der Waals surface area contributed by atoms with E-state index in [0.29, 0.717) is 10.8 Å². The number of furan rings is 1. The van der Waals surface area contributed by atoms with Crippen LogP contribution in [0.5, 0.6) is 5.75 Å². The van der Waals surface area contributed by atoms with Crippen LogP contribution in [0.1, 0.15) is 18.7 Å². The molecule has 0 spiro atoms. The molecule has 0 radical (unpaired) electrons. The Bertz CT molecular complexity index is 808. The van der Waals surface area contributed by atoms with Gasteiger partial charge in [-0.25, -0.2) is 0 Å². The molecule has 24 heavy (non-hydrogen) atoms. The Morgan fingerprint density at radius 3 is 2.62 bits per heavy atom. The molecule has 0 saturated carbocycles. The SMILES string of the molecule is CC(c1cc2ccccc2o1)N(C)C(=O)COc1ccc(Cl)cc1. The van der Waals surface area contributed by atoms with Crippen LogP contribution in [0.4, 0.5) is 0 Å². The number of fused-ring (bicyclic) bond motifs is 1. The number of rotatable bonds is 5. The summed E-state index contributed by atoms with van der Waals surface area (Å²) in [7, 11) is 1.74. The number of hydrogen-bond donors (Lipinski definition) is 0. The van der Waals surface area contributed by atoms with Gasteiger partial charge in [0.1, 0.15) is 17.1 Å². The van der Waals surface area contributed by atoms with Crippen LogP contribution >= 0.6 is 11.6 Å². The van der Waals surface area contributed by atoms with Crippen LogP contribution in [0.15, 0.2) is 59.0 Å². The first-order chi connectivity index (χ1) is 11.5. The maximum atomic E-state index is 12.3. The van der Waals surface area contributed by atoms with Gasteiger partial charge >= 0.3 is 0 Å². The molecule has 0 bridgehead atoms. The Kier molecular flexibility index (Phi) is 4.76. The molecule has 0 aliphatic heterocycles. The van der Waals surface area contributed by atoms with E-state index in [1.807, 2.05) is 37.3 Å². The highest BCUT2D eigenvalue weighted by Gasteiger charge is 2.21. The summed E-state index contributed by atoms with van der Waals surface area (Å²) in [5.74, 6) is 1.23. The van der Waals surface area contributed by atoms with E-state index in [1.54, 1.807) is 36.2 Å². The van der Waals surface area contributed by atoms with Crippen molar-refractivity contribution in [2.75, 3.05) is 13.7 Å². The first-order valence-corrected chi connectivity index (χ1v) is 8.05. The normalized spacial score (nSPS) is 12.1. The van der Waals surface area contributed by atoms with Crippen molar-refractivity contribution in [1.29, 1.82) is 0 Å². The molecule has 1 heterocycles. The third-order valence-corrected chi connectivity index (χ3v) is 4.26. The molecule has 4 nitrogen and oxygen atoms in total. The zero-order valence-electron chi connectivity index (χ0n) is 13.5. The van der Waals surface area contributed by atoms with E-state index < -0.39 is 0 Å². The number of amides is 1. The zero-order chi connectivity index (χ0) is 17.1. The lowest BCUT2D eigenvalue weighted by Crippen LogP contribution is -2.33. The van der Waals surface area contributed by atoms with Crippen LogP contribution in [-0.4, -0.2) is 24.5 Å². The zero-order valence-corrected chi connectivity index (χ0v) is 14.3. The molecule has 0 aliphatic carbocycles. The summed E-state index contributed by atoms with van der Waals surface area (Å²) >= 11 is 5.83. The smallest absolute Gasteiger partial charge is 0.260 e. The van der Waals surface area contributed by atoms with E-state index in [1.165, 1.54) is 0 Å². The van der Waals surface area contributed by atoms with E-state index in [0.717, 1.165) is 16.7 Å². The van der Waals surface area contributed by atoms with E-state index in [4.69, 9.17) is 20.8 Å². The number of benzene rings is 2. The Morgan fingerprint density at radius 1 is 1.21 bits per heavy atom. The quantitative estimate of drug-likeness (QED) is 0.675. The van der Waals surface area contributed by atoms with Gasteiger partial charge in [-0.3, -0.25) is 4.79 Å². The van der Waals surface area contributed by atoms with Crippen LogP contribution in [0.2, 0.25) is 5.02 Å². The summed E-state index contributed by atoms with van der Waals surface area (Å²) in [6, 6.07) is 16.5. The molecule has 0 saturated heterocycles. The highest BCUT2D eigenvalue weighted by atomic mass is 35.5. The molecule has 1 aromatic heterocycles. The number of ether oxygens (including phenoxy) is 1. The first kappa shape index (κ1) is 16.4. The van der Waals surface area contributed by atoms with E-state index in [9.17, 15) is 4.79 Å². The molecule has 3 aromatic rings. The molecule has 0 fully saturated rings. The van der Waals surface area contributed by atoms with Gasteiger partial charge in [0.05, 0.1) is 6.04 Å². The van der Waals surface area contributed by atoms with Gasteiger partial charge in [-0.15, -0.1) is 0 Å². The van der Waals surface area contributed by atoms with Crippen LogP contribution < -0.4 is 4.74 Å². The van der Waals surface area contributed by atoms with Crippen molar-refractivity contribution in [2.45, 2.75) is 13.0 Å². The lowest BCUT2D eigenvalue weighted by Gasteiger charge is -2.23. The number of halogens is 1. The second kappa shape index (κ2) is 6.97. The third-order valence-electron chi connectivity index (χ3n) is 4.01. The Morgan fingerprint density at radius 2 is 1.92 bits per heavy atom. The van der Waals surface area contributed by atoms with Crippen LogP contribution in [0, 0.1) is 0 Å². The van der Waals surface area contributed by atoms with Gasteiger partial charge in [-0.2, -0.15) is 0 Å². The monoisotopic (exact) mass is 343 g/mol. The van der Waals surface area contributed by atoms with E-state index in [2.05, 4.69) is 0 Å². The summed E-state index contributed by atoms with van der Waals surface area (Å²) in [4.78, 5) is 14.0. The Hall–Kier alpha value is -2.46. The van der Waals surface area contributed by atoms with Crippen molar-refractivity contribution in [3.63, 3.8) is 0 Å². The van der Waals surface area contributed by atoms with Crippen LogP contribution in [0.25, 0.3) is 11.0 Å². The molecular weight excluding hydrogens is 326 g/mol. The molecule has 124 valence electrons. The maximum Gasteiger partial charge on any atom is 0.260 e. The molecule has 3 rings (SSSR count). The molecule has 0 aliphatic rings. The summed E-state index contributed by atoms with van der Waals surface area (Å²) in [6.07, 6.45) is 0. The molecule has 5 heteroatoms.